The molecule has 1 N–H and O–H groups in total. The number of amides is 1. The van der Waals surface area contributed by atoms with Gasteiger partial charge in [-0.1, -0.05) is 19.9 Å². The van der Waals surface area contributed by atoms with Crippen molar-refractivity contribution < 1.29 is 13.2 Å². The molecule has 0 aliphatic heterocycles. The van der Waals surface area contributed by atoms with E-state index in [2.05, 4.69) is 19.2 Å². The van der Waals surface area contributed by atoms with Crippen LogP contribution in [0.5, 0.6) is 0 Å². The molecular weight excluding hydrogens is 310 g/mol. The van der Waals surface area contributed by atoms with Gasteiger partial charge in [-0.15, -0.1) is 0 Å². The number of halogens is 1. The molecule has 0 saturated heterocycles. The predicted octanol–water partition coefficient (Wildman–Crippen LogP) is 3.07. The van der Waals surface area contributed by atoms with Crippen molar-refractivity contribution in [3.63, 3.8) is 0 Å². The van der Waals surface area contributed by atoms with E-state index >= 15 is 0 Å². The summed E-state index contributed by atoms with van der Waals surface area (Å²) in [6.07, 6.45) is 0.934. The molecule has 116 valence electrons. The van der Waals surface area contributed by atoms with E-state index in [9.17, 15) is 13.2 Å². The molecule has 1 aliphatic carbocycles. The summed E-state index contributed by atoms with van der Waals surface area (Å²) in [5.74, 6) is -0.234. The number of carbonyl (C=O) groups is 1. The van der Waals surface area contributed by atoms with E-state index in [1.54, 1.807) is 26.8 Å². The highest BCUT2D eigenvalue weighted by atomic mass is 35.7. The topological polar surface area (TPSA) is 63.2 Å². The van der Waals surface area contributed by atoms with E-state index in [0.29, 0.717) is 16.7 Å². The Labute approximate surface area is 130 Å². The van der Waals surface area contributed by atoms with E-state index in [1.807, 2.05) is 0 Å². The van der Waals surface area contributed by atoms with Crippen LogP contribution in [0, 0.1) is 26.2 Å². The first kappa shape index (κ1) is 16.3. The van der Waals surface area contributed by atoms with Crippen molar-refractivity contribution >= 4 is 25.6 Å². The summed E-state index contributed by atoms with van der Waals surface area (Å²) in [6.45, 7) is 9.28. The number of aryl methyl sites for hydroxylation is 2. The highest BCUT2D eigenvalue weighted by Gasteiger charge is 2.46. The molecule has 0 bridgehead atoms. The molecule has 1 atom stereocenters. The Hall–Kier alpha value is -1.07. The van der Waals surface area contributed by atoms with E-state index in [4.69, 9.17) is 10.7 Å². The Morgan fingerprint density at radius 1 is 1.29 bits per heavy atom. The predicted molar refractivity (Wildman–Crippen MR) is 83.3 cm³/mol. The van der Waals surface area contributed by atoms with Crippen molar-refractivity contribution in [3.8, 4) is 0 Å². The smallest absolute Gasteiger partial charge is 0.261 e. The van der Waals surface area contributed by atoms with Gasteiger partial charge in [0.1, 0.15) is 0 Å². The normalized spacial score (nSPS) is 20.2. The molecule has 2 rings (SSSR count). The molecule has 1 unspecified atom stereocenters. The average molecular weight is 330 g/mol. The van der Waals surface area contributed by atoms with Crippen LogP contribution in [0.1, 0.15) is 47.3 Å². The summed E-state index contributed by atoms with van der Waals surface area (Å²) >= 11 is 0. The van der Waals surface area contributed by atoms with Crippen LogP contribution in [0.15, 0.2) is 11.0 Å². The van der Waals surface area contributed by atoms with E-state index < -0.39 is 9.05 Å². The number of hydrogen-bond donors (Lipinski definition) is 1. The second kappa shape index (κ2) is 4.99. The van der Waals surface area contributed by atoms with Crippen molar-refractivity contribution in [1.29, 1.82) is 0 Å². The van der Waals surface area contributed by atoms with Crippen molar-refractivity contribution in [3.05, 3.63) is 28.3 Å². The Kier molecular flexibility index (Phi) is 3.87. The minimum Gasteiger partial charge on any atom is -0.349 e. The molecule has 21 heavy (non-hydrogen) atoms. The number of benzene rings is 1. The van der Waals surface area contributed by atoms with Gasteiger partial charge in [0.25, 0.3) is 15.0 Å². The van der Waals surface area contributed by atoms with Crippen molar-refractivity contribution in [2.75, 3.05) is 0 Å². The van der Waals surface area contributed by atoms with Crippen LogP contribution in [-0.2, 0) is 9.05 Å². The fourth-order valence-electron chi connectivity index (χ4n) is 2.84. The van der Waals surface area contributed by atoms with Crippen LogP contribution in [0.3, 0.4) is 0 Å². The molecule has 4 nitrogen and oxygen atoms in total. The number of rotatable bonds is 3. The summed E-state index contributed by atoms with van der Waals surface area (Å²) in [5, 5.41) is 2.96. The quantitative estimate of drug-likeness (QED) is 0.867. The Morgan fingerprint density at radius 2 is 1.81 bits per heavy atom. The largest absolute Gasteiger partial charge is 0.349 e. The molecular formula is C15H20ClNO3S. The fraction of sp³-hybridized carbons (Fsp3) is 0.533. The van der Waals surface area contributed by atoms with Gasteiger partial charge in [0.15, 0.2) is 0 Å². The molecule has 0 spiro atoms. The first-order valence-corrected chi connectivity index (χ1v) is 9.12. The summed E-state index contributed by atoms with van der Waals surface area (Å²) in [5.41, 5.74) is 2.25. The summed E-state index contributed by atoms with van der Waals surface area (Å²) in [7, 11) is 1.62. The highest BCUT2D eigenvalue weighted by Crippen LogP contribution is 2.44. The molecule has 1 aromatic carbocycles. The fourth-order valence-corrected chi connectivity index (χ4v) is 4.46. The highest BCUT2D eigenvalue weighted by molar-refractivity contribution is 8.13. The van der Waals surface area contributed by atoms with Crippen LogP contribution in [0.25, 0.3) is 0 Å². The van der Waals surface area contributed by atoms with Crippen LogP contribution >= 0.6 is 10.7 Å². The van der Waals surface area contributed by atoms with Gasteiger partial charge in [-0.3, -0.25) is 4.79 Å². The van der Waals surface area contributed by atoms with Crippen molar-refractivity contribution in [2.45, 2.75) is 52.0 Å². The van der Waals surface area contributed by atoms with E-state index in [1.165, 1.54) is 0 Å². The molecule has 6 heteroatoms. The standard InChI is InChI=1S/C15H20ClNO3S/c1-8-6-9(2)13(21(16,19)20)10(3)12(8)14(18)17-11-7-15(11,4)5/h6,11H,7H2,1-5H3,(H,17,18). The van der Waals surface area contributed by atoms with Crippen LogP contribution < -0.4 is 5.32 Å². The van der Waals surface area contributed by atoms with Gasteiger partial charge in [-0.05, 0) is 49.3 Å². The molecule has 1 amide bonds. The van der Waals surface area contributed by atoms with Crippen LogP contribution in [0.2, 0.25) is 0 Å². The van der Waals surface area contributed by atoms with Crippen LogP contribution in [0.4, 0.5) is 0 Å². The minimum absolute atomic E-state index is 0.0370. The van der Waals surface area contributed by atoms with Gasteiger partial charge < -0.3 is 5.32 Å². The molecule has 0 radical (unpaired) electrons. The van der Waals surface area contributed by atoms with Gasteiger partial charge in [0.05, 0.1) is 4.90 Å². The summed E-state index contributed by atoms with van der Waals surface area (Å²) in [4.78, 5) is 12.5. The summed E-state index contributed by atoms with van der Waals surface area (Å²) in [6, 6.07) is 1.83. The van der Waals surface area contributed by atoms with Gasteiger partial charge >= 0.3 is 0 Å². The van der Waals surface area contributed by atoms with Gasteiger partial charge in [-0.25, -0.2) is 8.42 Å². The zero-order chi connectivity index (χ0) is 16.2. The lowest BCUT2D eigenvalue weighted by atomic mass is 9.99. The Balaban J connectivity index is 2.47. The Morgan fingerprint density at radius 3 is 2.24 bits per heavy atom. The maximum absolute atomic E-state index is 12.5. The molecule has 0 aromatic heterocycles. The number of nitrogens with one attached hydrogen (secondary N) is 1. The maximum Gasteiger partial charge on any atom is 0.261 e. The molecule has 1 aliphatic rings. The average Bonchev–Trinajstić information content (AvgIpc) is 2.81. The van der Waals surface area contributed by atoms with E-state index in [0.717, 1.165) is 12.0 Å². The SMILES string of the molecule is Cc1cc(C)c(S(=O)(=O)Cl)c(C)c1C(=O)NC1CC1(C)C. The first-order chi connectivity index (χ1) is 9.45. The zero-order valence-electron chi connectivity index (χ0n) is 12.9. The molecule has 1 aromatic rings. The molecule has 1 saturated carbocycles. The monoisotopic (exact) mass is 329 g/mol. The third-order valence-corrected chi connectivity index (χ3v) is 5.77. The van der Waals surface area contributed by atoms with Gasteiger partial charge in [0, 0.05) is 22.3 Å². The van der Waals surface area contributed by atoms with E-state index in [-0.39, 0.29) is 22.3 Å². The second-order valence-corrected chi connectivity index (χ2v) is 9.00. The summed E-state index contributed by atoms with van der Waals surface area (Å²) < 4.78 is 23.5. The second-order valence-electron chi connectivity index (χ2n) is 6.50. The minimum atomic E-state index is -3.88. The van der Waals surface area contributed by atoms with Gasteiger partial charge in [0.2, 0.25) is 0 Å². The lowest BCUT2D eigenvalue weighted by Gasteiger charge is -2.16. The lowest BCUT2D eigenvalue weighted by Crippen LogP contribution is -2.30. The third kappa shape index (κ3) is 3.09. The third-order valence-electron chi connectivity index (χ3n) is 4.19. The Bertz CT molecular complexity index is 723. The van der Waals surface area contributed by atoms with Crippen molar-refractivity contribution in [1.82, 2.24) is 5.32 Å². The number of carbonyl (C=O) groups excluding carboxylic acids is 1. The molecule has 1 fully saturated rings. The molecule has 0 heterocycles. The van der Waals surface area contributed by atoms with Gasteiger partial charge in [-0.2, -0.15) is 0 Å². The first-order valence-electron chi connectivity index (χ1n) is 6.81. The number of hydrogen-bond acceptors (Lipinski definition) is 3. The van der Waals surface area contributed by atoms with Crippen molar-refractivity contribution in [2.24, 2.45) is 5.41 Å². The lowest BCUT2D eigenvalue weighted by molar-refractivity contribution is 0.0945. The maximum atomic E-state index is 12.5. The zero-order valence-corrected chi connectivity index (χ0v) is 14.4. The van der Waals surface area contributed by atoms with Crippen LogP contribution in [-0.4, -0.2) is 20.4 Å².